The molecule has 1 amide bonds. The summed E-state index contributed by atoms with van der Waals surface area (Å²) in [5, 5.41) is 10.1. The Labute approximate surface area is 137 Å². The molecule has 2 atom stereocenters. The number of carbonyl (C=O) groups is 1. The maximum absolute atomic E-state index is 12.9. The molecule has 2 unspecified atom stereocenters. The van der Waals surface area contributed by atoms with Crippen molar-refractivity contribution in [1.29, 1.82) is 0 Å². The molecule has 1 fully saturated rings. The van der Waals surface area contributed by atoms with Crippen LogP contribution < -0.4 is 0 Å². The van der Waals surface area contributed by atoms with E-state index in [9.17, 15) is 9.90 Å². The lowest BCUT2D eigenvalue weighted by Gasteiger charge is -2.34. The monoisotopic (exact) mass is 309 g/mol. The second-order valence-corrected chi connectivity index (χ2v) is 6.40. The highest BCUT2D eigenvalue weighted by Gasteiger charge is 2.28. The fourth-order valence-corrected chi connectivity index (χ4v) is 3.10. The second-order valence-electron chi connectivity index (χ2n) is 6.40. The van der Waals surface area contributed by atoms with Gasteiger partial charge in [-0.2, -0.15) is 0 Å². The van der Waals surface area contributed by atoms with Gasteiger partial charge in [0.25, 0.3) is 5.91 Å². The van der Waals surface area contributed by atoms with E-state index >= 15 is 0 Å². The third-order valence-corrected chi connectivity index (χ3v) is 4.69. The summed E-state index contributed by atoms with van der Waals surface area (Å²) < 4.78 is 0. The fraction of sp³-hybridized carbons (Fsp3) is 0.350. The topological polar surface area (TPSA) is 40.5 Å². The molecule has 3 rings (SSSR count). The van der Waals surface area contributed by atoms with Crippen LogP contribution >= 0.6 is 0 Å². The Hall–Kier alpha value is -2.13. The minimum atomic E-state index is -0.422. The highest BCUT2D eigenvalue weighted by atomic mass is 16.3. The van der Waals surface area contributed by atoms with E-state index in [1.807, 2.05) is 49.4 Å². The molecular weight excluding hydrogens is 286 g/mol. The summed E-state index contributed by atoms with van der Waals surface area (Å²) in [4.78, 5) is 14.7. The SMILES string of the molecule is CC1CCN(C(=O)c2ccccc2Cc2ccccc2)CC1O. The molecular formula is C20H23NO2. The first-order chi connectivity index (χ1) is 11.1. The van der Waals surface area contributed by atoms with E-state index < -0.39 is 6.10 Å². The minimum absolute atomic E-state index is 0.0301. The lowest BCUT2D eigenvalue weighted by Crippen LogP contribution is -2.46. The first kappa shape index (κ1) is 15.8. The zero-order valence-electron chi connectivity index (χ0n) is 13.5. The molecule has 0 aliphatic carbocycles. The molecule has 1 N–H and O–H groups in total. The second kappa shape index (κ2) is 6.97. The first-order valence-corrected chi connectivity index (χ1v) is 8.24. The number of aliphatic hydroxyl groups excluding tert-OH is 1. The smallest absolute Gasteiger partial charge is 0.254 e. The van der Waals surface area contributed by atoms with Crippen LogP contribution in [0.15, 0.2) is 54.6 Å². The number of piperidine rings is 1. The molecule has 1 aliphatic rings. The summed E-state index contributed by atoms with van der Waals surface area (Å²) in [6, 6.07) is 18.0. The van der Waals surface area contributed by atoms with Crippen LogP contribution in [0.1, 0.15) is 34.8 Å². The van der Waals surface area contributed by atoms with Gasteiger partial charge in [-0.05, 0) is 36.0 Å². The Bertz CT molecular complexity index is 668. The van der Waals surface area contributed by atoms with Gasteiger partial charge in [0.15, 0.2) is 0 Å². The number of likely N-dealkylation sites (tertiary alicyclic amines) is 1. The van der Waals surface area contributed by atoms with E-state index in [1.54, 1.807) is 4.90 Å². The third-order valence-electron chi connectivity index (χ3n) is 4.69. The molecule has 1 heterocycles. The van der Waals surface area contributed by atoms with Crippen molar-refractivity contribution in [1.82, 2.24) is 4.90 Å². The van der Waals surface area contributed by atoms with E-state index in [1.165, 1.54) is 5.56 Å². The molecule has 1 saturated heterocycles. The van der Waals surface area contributed by atoms with E-state index in [0.717, 1.165) is 30.5 Å². The molecule has 0 aromatic heterocycles. The number of benzene rings is 2. The Balaban J connectivity index is 1.81. The Morgan fingerprint density at radius 1 is 1.13 bits per heavy atom. The summed E-state index contributed by atoms with van der Waals surface area (Å²) >= 11 is 0. The minimum Gasteiger partial charge on any atom is -0.391 e. The number of rotatable bonds is 3. The van der Waals surface area contributed by atoms with Crippen LogP contribution in [0.4, 0.5) is 0 Å². The van der Waals surface area contributed by atoms with Gasteiger partial charge in [-0.25, -0.2) is 0 Å². The Kier molecular flexibility index (Phi) is 4.77. The van der Waals surface area contributed by atoms with Gasteiger partial charge in [0.2, 0.25) is 0 Å². The van der Waals surface area contributed by atoms with Gasteiger partial charge >= 0.3 is 0 Å². The quantitative estimate of drug-likeness (QED) is 0.946. The molecule has 0 saturated carbocycles. The average Bonchev–Trinajstić information content (AvgIpc) is 2.58. The van der Waals surface area contributed by atoms with Gasteiger partial charge in [-0.15, -0.1) is 0 Å². The van der Waals surface area contributed by atoms with Crippen molar-refractivity contribution in [3.05, 3.63) is 71.3 Å². The lowest BCUT2D eigenvalue weighted by molar-refractivity contribution is 0.0248. The summed E-state index contributed by atoms with van der Waals surface area (Å²) in [5.74, 6) is 0.293. The molecule has 1 aliphatic heterocycles. The van der Waals surface area contributed by atoms with Crippen molar-refractivity contribution >= 4 is 5.91 Å². The van der Waals surface area contributed by atoms with Gasteiger partial charge in [0.05, 0.1) is 6.10 Å². The molecule has 2 aromatic carbocycles. The van der Waals surface area contributed by atoms with Crippen LogP contribution in [0.25, 0.3) is 0 Å². The van der Waals surface area contributed by atoms with Crippen LogP contribution in [0.2, 0.25) is 0 Å². The van der Waals surface area contributed by atoms with Crippen LogP contribution in [0.3, 0.4) is 0 Å². The summed E-state index contributed by atoms with van der Waals surface area (Å²) in [6.45, 7) is 3.19. The van der Waals surface area contributed by atoms with Crippen molar-refractivity contribution in [3.63, 3.8) is 0 Å². The normalized spacial score (nSPS) is 21.2. The van der Waals surface area contributed by atoms with Crippen LogP contribution in [0.5, 0.6) is 0 Å². The number of carbonyl (C=O) groups excluding carboxylic acids is 1. The van der Waals surface area contributed by atoms with Crippen LogP contribution in [-0.2, 0) is 6.42 Å². The van der Waals surface area contributed by atoms with Gasteiger partial charge < -0.3 is 10.0 Å². The van der Waals surface area contributed by atoms with Crippen molar-refractivity contribution in [3.8, 4) is 0 Å². The highest BCUT2D eigenvalue weighted by Crippen LogP contribution is 2.21. The van der Waals surface area contributed by atoms with E-state index in [-0.39, 0.29) is 11.8 Å². The Morgan fingerprint density at radius 2 is 1.83 bits per heavy atom. The first-order valence-electron chi connectivity index (χ1n) is 8.24. The number of amides is 1. The van der Waals surface area contributed by atoms with Crippen LogP contribution in [-0.4, -0.2) is 35.1 Å². The maximum Gasteiger partial charge on any atom is 0.254 e. The number of hydrogen-bond acceptors (Lipinski definition) is 2. The predicted molar refractivity (Wildman–Crippen MR) is 91.4 cm³/mol. The molecule has 2 aromatic rings. The third kappa shape index (κ3) is 3.62. The molecule has 23 heavy (non-hydrogen) atoms. The molecule has 0 spiro atoms. The molecule has 120 valence electrons. The summed E-state index contributed by atoms with van der Waals surface area (Å²) in [6.07, 6.45) is 1.18. The van der Waals surface area contributed by atoms with Crippen molar-refractivity contribution in [2.45, 2.75) is 25.9 Å². The zero-order valence-corrected chi connectivity index (χ0v) is 13.5. The number of hydrogen-bond donors (Lipinski definition) is 1. The van der Waals surface area contributed by atoms with E-state index in [4.69, 9.17) is 0 Å². The number of β-amino-alcohol motifs (C(OH)–C–C–N with tert-alkyl or cyclic N) is 1. The Morgan fingerprint density at radius 3 is 2.57 bits per heavy atom. The predicted octanol–water partition coefficient (Wildman–Crippen LogP) is 3.12. The van der Waals surface area contributed by atoms with Crippen LogP contribution in [0, 0.1) is 5.92 Å². The highest BCUT2D eigenvalue weighted by molar-refractivity contribution is 5.96. The summed E-state index contributed by atoms with van der Waals surface area (Å²) in [5.41, 5.74) is 2.98. The lowest BCUT2D eigenvalue weighted by atomic mass is 9.94. The van der Waals surface area contributed by atoms with Gasteiger partial charge in [0.1, 0.15) is 0 Å². The molecule has 0 bridgehead atoms. The zero-order chi connectivity index (χ0) is 16.2. The number of nitrogens with zero attached hydrogens (tertiary/aromatic N) is 1. The number of aliphatic hydroxyl groups is 1. The van der Waals surface area contributed by atoms with E-state index in [0.29, 0.717) is 6.54 Å². The standard InChI is InChI=1S/C20H23NO2/c1-15-11-12-21(14-19(15)22)20(23)18-10-6-5-9-17(18)13-16-7-3-2-4-8-16/h2-10,15,19,22H,11-14H2,1H3. The molecule has 3 nitrogen and oxygen atoms in total. The van der Waals surface area contributed by atoms with Crippen molar-refractivity contribution < 1.29 is 9.90 Å². The van der Waals surface area contributed by atoms with Crippen molar-refractivity contribution in [2.24, 2.45) is 5.92 Å². The fourth-order valence-electron chi connectivity index (χ4n) is 3.10. The summed E-state index contributed by atoms with van der Waals surface area (Å²) in [7, 11) is 0. The molecule has 0 radical (unpaired) electrons. The molecule has 3 heteroatoms. The van der Waals surface area contributed by atoms with Gasteiger partial charge in [0, 0.05) is 18.7 Å². The van der Waals surface area contributed by atoms with Gasteiger partial charge in [-0.3, -0.25) is 4.79 Å². The van der Waals surface area contributed by atoms with Crippen molar-refractivity contribution in [2.75, 3.05) is 13.1 Å². The van der Waals surface area contributed by atoms with Gasteiger partial charge in [-0.1, -0.05) is 55.5 Å². The van der Waals surface area contributed by atoms with E-state index in [2.05, 4.69) is 12.1 Å². The largest absolute Gasteiger partial charge is 0.391 e. The average molecular weight is 309 g/mol. The maximum atomic E-state index is 12.9.